The van der Waals surface area contributed by atoms with Gasteiger partial charge in [0.05, 0.1) is 11.8 Å². The van der Waals surface area contributed by atoms with E-state index < -0.39 is 0 Å². The van der Waals surface area contributed by atoms with Crippen molar-refractivity contribution in [1.82, 2.24) is 0 Å². The molecular formula is C11H8NO2. The molecule has 1 heterocycles. The predicted octanol–water partition coefficient (Wildman–Crippen LogP) is 2.33. The number of nitrogens with one attached hydrogen (secondary N) is 1. The first-order valence-electron chi connectivity index (χ1n) is 4.18. The van der Waals surface area contributed by atoms with Gasteiger partial charge in [-0.3, -0.25) is 4.79 Å². The molecule has 3 heteroatoms. The Morgan fingerprint density at radius 1 is 1.21 bits per heavy atom. The molecule has 1 radical (unpaired) electrons. The smallest absolute Gasteiger partial charge is 0.259 e. The Labute approximate surface area is 81.4 Å². The van der Waals surface area contributed by atoms with E-state index in [9.17, 15) is 4.79 Å². The van der Waals surface area contributed by atoms with Crippen LogP contribution < -0.4 is 5.32 Å². The van der Waals surface area contributed by atoms with E-state index in [2.05, 4.69) is 16.0 Å². The lowest BCUT2D eigenvalue weighted by Gasteiger charge is -2.01. The number of hydrogen-bond acceptors (Lipinski definition) is 2. The molecule has 0 saturated carbocycles. The zero-order valence-corrected chi connectivity index (χ0v) is 7.36. The summed E-state index contributed by atoms with van der Waals surface area (Å²) < 4.78 is 4.69. The van der Waals surface area contributed by atoms with Crippen LogP contribution in [0.2, 0.25) is 0 Å². The van der Waals surface area contributed by atoms with Crippen LogP contribution in [0.5, 0.6) is 0 Å². The maximum Gasteiger partial charge on any atom is 0.259 e. The van der Waals surface area contributed by atoms with E-state index in [1.807, 2.05) is 30.3 Å². The zero-order valence-electron chi connectivity index (χ0n) is 7.36. The molecule has 0 bridgehead atoms. The maximum atomic E-state index is 11.5. The fourth-order valence-electron chi connectivity index (χ4n) is 1.08. The normalized spacial score (nSPS) is 9.71. The van der Waals surface area contributed by atoms with Crippen molar-refractivity contribution in [3.63, 3.8) is 0 Å². The topological polar surface area (TPSA) is 42.2 Å². The predicted molar refractivity (Wildman–Crippen MR) is 51.9 cm³/mol. The van der Waals surface area contributed by atoms with E-state index in [-0.39, 0.29) is 5.91 Å². The van der Waals surface area contributed by atoms with Crippen LogP contribution in [0.15, 0.2) is 47.1 Å². The van der Waals surface area contributed by atoms with Crippen LogP contribution in [-0.4, -0.2) is 5.91 Å². The van der Waals surface area contributed by atoms with Crippen LogP contribution in [0.4, 0.5) is 5.69 Å². The number of carbonyl (C=O) groups is 1. The zero-order chi connectivity index (χ0) is 9.80. The summed E-state index contributed by atoms with van der Waals surface area (Å²) in [5, 5.41) is 2.71. The van der Waals surface area contributed by atoms with E-state index in [4.69, 9.17) is 0 Å². The summed E-state index contributed by atoms with van der Waals surface area (Å²) >= 11 is 0. The van der Waals surface area contributed by atoms with Crippen molar-refractivity contribution in [3.8, 4) is 0 Å². The van der Waals surface area contributed by atoms with Crippen molar-refractivity contribution in [2.75, 3.05) is 5.32 Å². The van der Waals surface area contributed by atoms with Crippen molar-refractivity contribution in [3.05, 3.63) is 54.5 Å². The third kappa shape index (κ3) is 1.82. The Morgan fingerprint density at radius 2 is 2.00 bits per heavy atom. The number of para-hydroxylation sites is 1. The van der Waals surface area contributed by atoms with Crippen LogP contribution in [0.1, 0.15) is 10.4 Å². The Bertz CT molecular complexity index is 406. The highest BCUT2D eigenvalue weighted by Crippen LogP contribution is 2.08. The summed E-state index contributed by atoms with van der Waals surface area (Å²) in [5.74, 6) is -0.218. The molecule has 0 spiro atoms. The van der Waals surface area contributed by atoms with E-state index in [1.54, 1.807) is 6.07 Å². The van der Waals surface area contributed by atoms with E-state index in [0.29, 0.717) is 5.56 Å². The highest BCUT2D eigenvalue weighted by Gasteiger charge is 2.06. The lowest BCUT2D eigenvalue weighted by atomic mass is 10.3. The van der Waals surface area contributed by atoms with Gasteiger partial charge in [0.2, 0.25) is 0 Å². The largest absolute Gasteiger partial charge is 0.460 e. The fraction of sp³-hybridized carbons (Fsp3) is 0. The second-order valence-electron chi connectivity index (χ2n) is 2.76. The molecule has 3 nitrogen and oxygen atoms in total. The third-order valence-electron chi connectivity index (χ3n) is 1.75. The van der Waals surface area contributed by atoms with Crippen molar-refractivity contribution >= 4 is 11.6 Å². The Balaban J connectivity index is 2.10. The Morgan fingerprint density at radius 3 is 2.64 bits per heavy atom. The molecule has 2 aromatic rings. The molecule has 14 heavy (non-hydrogen) atoms. The number of amides is 1. The third-order valence-corrected chi connectivity index (χ3v) is 1.75. The number of anilines is 1. The lowest BCUT2D eigenvalue weighted by Crippen LogP contribution is -2.10. The van der Waals surface area contributed by atoms with Gasteiger partial charge in [-0.25, -0.2) is 0 Å². The first-order chi connectivity index (χ1) is 6.86. The summed E-state index contributed by atoms with van der Waals surface area (Å²) in [4.78, 5) is 11.5. The summed E-state index contributed by atoms with van der Waals surface area (Å²) in [6.07, 6.45) is 3.89. The average molecular weight is 186 g/mol. The second kappa shape index (κ2) is 3.79. The fourth-order valence-corrected chi connectivity index (χ4v) is 1.08. The van der Waals surface area contributed by atoms with Crippen molar-refractivity contribution in [1.29, 1.82) is 0 Å². The number of carbonyl (C=O) groups excluding carboxylic acids is 1. The van der Waals surface area contributed by atoms with E-state index >= 15 is 0 Å². The maximum absolute atomic E-state index is 11.5. The van der Waals surface area contributed by atoms with E-state index in [0.717, 1.165) is 5.69 Å². The van der Waals surface area contributed by atoms with Gasteiger partial charge in [-0.1, -0.05) is 18.2 Å². The molecule has 0 aliphatic heterocycles. The minimum Gasteiger partial charge on any atom is -0.460 e. The molecule has 0 fully saturated rings. The summed E-state index contributed by atoms with van der Waals surface area (Å²) in [6.45, 7) is 0. The molecule has 0 aliphatic rings. The Kier molecular flexibility index (Phi) is 2.32. The van der Waals surface area contributed by atoms with Gasteiger partial charge in [0.15, 0.2) is 6.26 Å². The summed E-state index contributed by atoms with van der Waals surface area (Å²) in [7, 11) is 0. The summed E-state index contributed by atoms with van der Waals surface area (Å²) in [6, 6.07) is 10.8. The van der Waals surface area contributed by atoms with Gasteiger partial charge in [-0.2, -0.15) is 0 Å². The molecule has 0 aliphatic carbocycles. The van der Waals surface area contributed by atoms with Gasteiger partial charge in [0, 0.05) is 5.69 Å². The van der Waals surface area contributed by atoms with Gasteiger partial charge in [0.25, 0.3) is 5.91 Å². The first kappa shape index (κ1) is 8.56. The number of benzene rings is 1. The van der Waals surface area contributed by atoms with Crippen molar-refractivity contribution in [2.45, 2.75) is 0 Å². The van der Waals surface area contributed by atoms with Crippen LogP contribution in [0.3, 0.4) is 0 Å². The molecule has 0 atom stereocenters. The Hall–Kier alpha value is -2.03. The SMILES string of the molecule is O=C(Nc1ccccc1)c1[c]occ1. The highest BCUT2D eigenvalue weighted by molar-refractivity contribution is 6.03. The van der Waals surface area contributed by atoms with Gasteiger partial charge in [0.1, 0.15) is 0 Å². The highest BCUT2D eigenvalue weighted by atomic mass is 16.3. The molecule has 1 amide bonds. The molecular weight excluding hydrogens is 178 g/mol. The van der Waals surface area contributed by atoms with Gasteiger partial charge < -0.3 is 9.73 Å². The molecule has 1 N–H and O–H groups in total. The first-order valence-corrected chi connectivity index (χ1v) is 4.18. The van der Waals surface area contributed by atoms with E-state index in [1.165, 1.54) is 6.26 Å². The summed E-state index contributed by atoms with van der Waals surface area (Å²) in [5.41, 5.74) is 1.15. The molecule has 1 aromatic heterocycles. The second-order valence-corrected chi connectivity index (χ2v) is 2.76. The molecule has 0 unspecified atom stereocenters. The van der Waals surface area contributed by atoms with Gasteiger partial charge in [-0.15, -0.1) is 0 Å². The molecule has 0 saturated heterocycles. The van der Waals surface area contributed by atoms with Crippen LogP contribution in [-0.2, 0) is 0 Å². The molecule has 2 rings (SSSR count). The standard InChI is InChI=1S/C11H8NO2/c13-11(9-6-7-14-8-9)12-10-4-2-1-3-5-10/h1-7H,(H,12,13). The van der Waals surface area contributed by atoms with Gasteiger partial charge >= 0.3 is 0 Å². The average Bonchev–Trinajstić information content (AvgIpc) is 2.72. The van der Waals surface area contributed by atoms with Crippen LogP contribution in [0, 0.1) is 6.26 Å². The van der Waals surface area contributed by atoms with Crippen LogP contribution >= 0.6 is 0 Å². The minimum atomic E-state index is -0.218. The van der Waals surface area contributed by atoms with Crippen molar-refractivity contribution < 1.29 is 9.21 Å². The quantitative estimate of drug-likeness (QED) is 0.782. The monoisotopic (exact) mass is 186 g/mol. The number of furan rings is 1. The van der Waals surface area contributed by atoms with Gasteiger partial charge in [-0.05, 0) is 18.2 Å². The number of hydrogen-bond donors (Lipinski definition) is 1. The minimum absolute atomic E-state index is 0.218. The van der Waals surface area contributed by atoms with Crippen molar-refractivity contribution in [2.24, 2.45) is 0 Å². The number of rotatable bonds is 2. The molecule has 69 valence electrons. The lowest BCUT2D eigenvalue weighted by molar-refractivity contribution is 0.102. The van der Waals surface area contributed by atoms with Crippen LogP contribution in [0.25, 0.3) is 0 Å². The molecule has 1 aromatic carbocycles.